The van der Waals surface area contributed by atoms with E-state index in [0.29, 0.717) is 5.92 Å². The van der Waals surface area contributed by atoms with Crippen LogP contribution < -0.4 is 0 Å². The van der Waals surface area contributed by atoms with Crippen LogP contribution in [0.25, 0.3) is 0 Å². The maximum absolute atomic E-state index is 11.1. The molecule has 0 aromatic rings. The number of rotatable bonds is 2. The molecular weight excluding hydrogens is 284 g/mol. The maximum Gasteiger partial charge on any atom is 0.0704 e. The summed E-state index contributed by atoms with van der Waals surface area (Å²) in [6.07, 6.45) is 13.2. The predicted molar refractivity (Wildman–Crippen MR) is 95.1 cm³/mol. The van der Waals surface area contributed by atoms with Crippen LogP contribution in [0.4, 0.5) is 0 Å². The Morgan fingerprint density at radius 3 is 2.74 bits per heavy atom. The summed E-state index contributed by atoms with van der Waals surface area (Å²) in [7, 11) is 0. The van der Waals surface area contributed by atoms with Gasteiger partial charge >= 0.3 is 0 Å². The molecular formula is C21H32O2. The lowest BCUT2D eigenvalue weighted by atomic mass is 9.61. The maximum atomic E-state index is 11.1. The molecule has 2 N–H and O–H groups in total. The van der Waals surface area contributed by atoms with Gasteiger partial charge in [0.2, 0.25) is 0 Å². The summed E-state index contributed by atoms with van der Waals surface area (Å²) in [6.45, 7) is 8.59. The number of aliphatic hydroxyl groups excluding tert-OH is 1. The van der Waals surface area contributed by atoms with Gasteiger partial charge in [0.1, 0.15) is 0 Å². The monoisotopic (exact) mass is 316 g/mol. The fourth-order valence-electron chi connectivity index (χ4n) is 5.32. The number of allylic oxidation sites excluding steroid dienone is 4. The molecule has 3 aliphatic carbocycles. The highest BCUT2D eigenvalue weighted by atomic mass is 16.3. The van der Waals surface area contributed by atoms with Crippen molar-refractivity contribution in [3.8, 4) is 0 Å². The van der Waals surface area contributed by atoms with Gasteiger partial charge in [-0.2, -0.15) is 0 Å². The molecule has 0 aliphatic heterocycles. The van der Waals surface area contributed by atoms with E-state index in [4.69, 9.17) is 0 Å². The lowest BCUT2D eigenvalue weighted by Gasteiger charge is -2.46. The highest BCUT2D eigenvalue weighted by Gasteiger charge is 2.56. The van der Waals surface area contributed by atoms with Gasteiger partial charge in [0.05, 0.1) is 11.7 Å². The first-order valence-electron chi connectivity index (χ1n) is 9.38. The molecule has 0 spiro atoms. The number of fused-ring (bicyclic) bond motifs is 1. The standard InChI is InChI=1S/C21H32O2/c1-4-21(23)13-11-19-16(6-5-12-20(19,21)3)8-9-17-14-18(22)10-7-15(17)2/h8-9,18-19,22-23H,2,4-7,10-14H2,1,3H3/b16-8+,17-9-/t18-,19+,20+,21-/m1/s1. The van der Waals surface area contributed by atoms with Gasteiger partial charge in [0.25, 0.3) is 0 Å². The van der Waals surface area contributed by atoms with E-state index in [1.807, 2.05) is 0 Å². The van der Waals surface area contributed by atoms with E-state index in [1.165, 1.54) is 23.1 Å². The van der Waals surface area contributed by atoms with Gasteiger partial charge in [-0.05, 0) is 69.3 Å². The van der Waals surface area contributed by atoms with Gasteiger partial charge in [-0.3, -0.25) is 0 Å². The molecule has 128 valence electrons. The minimum atomic E-state index is -0.491. The van der Waals surface area contributed by atoms with Crippen molar-refractivity contribution in [3.05, 3.63) is 35.5 Å². The molecule has 0 unspecified atom stereocenters. The van der Waals surface area contributed by atoms with Crippen LogP contribution in [0.3, 0.4) is 0 Å². The van der Waals surface area contributed by atoms with E-state index >= 15 is 0 Å². The zero-order valence-corrected chi connectivity index (χ0v) is 14.8. The SMILES string of the molecule is C=C1CC[C@@H](O)C/C1=C/C=C1\CCC[C@@]2(C)[C@H]1CC[C@]2(O)CC. The van der Waals surface area contributed by atoms with Crippen molar-refractivity contribution in [1.82, 2.24) is 0 Å². The fourth-order valence-corrected chi connectivity index (χ4v) is 5.32. The van der Waals surface area contributed by atoms with E-state index in [1.54, 1.807) is 0 Å². The first-order valence-corrected chi connectivity index (χ1v) is 9.38. The third-order valence-electron chi connectivity index (χ3n) is 7.06. The Balaban J connectivity index is 1.84. The Labute approximate surface area is 141 Å². The lowest BCUT2D eigenvalue weighted by Crippen LogP contribution is -2.46. The molecule has 2 nitrogen and oxygen atoms in total. The summed E-state index contributed by atoms with van der Waals surface area (Å²) in [5.74, 6) is 0.514. The molecule has 0 aromatic carbocycles. The van der Waals surface area contributed by atoms with E-state index in [9.17, 15) is 10.2 Å². The number of hydrogen-bond donors (Lipinski definition) is 2. The molecule has 0 saturated heterocycles. The summed E-state index contributed by atoms with van der Waals surface area (Å²) in [4.78, 5) is 0. The van der Waals surface area contributed by atoms with Gasteiger partial charge in [0.15, 0.2) is 0 Å². The molecule has 0 bridgehead atoms. The van der Waals surface area contributed by atoms with E-state index in [0.717, 1.165) is 51.4 Å². The molecule has 3 saturated carbocycles. The van der Waals surface area contributed by atoms with Gasteiger partial charge in [-0.25, -0.2) is 0 Å². The summed E-state index contributed by atoms with van der Waals surface area (Å²) >= 11 is 0. The predicted octanol–water partition coefficient (Wildman–Crippen LogP) is 4.68. The Morgan fingerprint density at radius 2 is 2.00 bits per heavy atom. The Morgan fingerprint density at radius 1 is 1.22 bits per heavy atom. The van der Waals surface area contributed by atoms with E-state index < -0.39 is 5.60 Å². The van der Waals surface area contributed by atoms with Gasteiger partial charge in [0, 0.05) is 5.41 Å². The minimum absolute atomic E-state index is 0.0351. The normalized spacial score (nSPS) is 44.8. The van der Waals surface area contributed by atoms with Crippen LogP contribution in [0.15, 0.2) is 35.5 Å². The first-order chi connectivity index (χ1) is 10.9. The molecule has 3 fully saturated rings. The highest BCUT2D eigenvalue weighted by molar-refractivity contribution is 5.36. The van der Waals surface area contributed by atoms with Crippen LogP contribution in [0.2, 0.25) is 0 Å². The summed E-state index contributed by atoms with van der Waals surface area (Å²) < 4.78 is 0. The Kier molecular flexibility index (Phi) is 4.59. The van der Waals surface area contributed by atoms with Crippen LogP contribution >= 0.6 is 0 Å². The number of aliphatic hydroxyl groups is 2. The molecule has 0 aromatic heterocycles. The average Bonchev–Trinajstić information content (AvgIpc) is 2.81. The second-order valence-corrected chi connectivity index (χ2v) is 8.18. The van der Waals surface area contributed by atoms with Crippen molar-refractivity contribution in [3.63, 3.8) is 0 Å². The third-order valence-corrected chi connectivity index (χ3v) is 7.06. The first kappa shape index (κ1) is 17.0. The lowest BCUT2D eigenvalue weighted by molar-refractivity contribution is -0.0773. The molecule has 0 heterocycles. The molecule has 3 aliphatic rings. The summed E-state index contributed by atoms with van der Waals surface area (Å²) in [6, 6.07) is 0. The smallest absolute Gasteiger partial charge is 0.0704 e. The second kappa shape index (κ2) is 6.22. The molecule has 2 heteroatoms. The van der Waals surface area contributed by atoms with Crippen LogP contribution in [-0.2, 0) is 0 Å². The van der Waals surface area contributed by atoms with E-state index in [-0.39, 0.29) is 11.5 Å². The zero-order valence-electron chi connectivity index (χ0n) is 14.8. The van der Waals surface area contributed by atoms with Gasteiger partial charge in [-0.15, -0.1) is 0 Å². The van der Waals surface area contributed by atoms with Gasteiger partial charge in [-0.1, -0.05) is 43.7 Å². The summed E-state index contributed by atoms with van der Waals surface area (Å²) in [5.41, 5.74) is 3.44. The Hall–Kier alpha value is -0.860. The van der Waals surface area contributed by atoms with E-state index in [2.05, 4.69) is 32.6 Å². The van der Waals surface area contributed by atoms with Crippen LogP contribution in [0.1, 0.15) is 71.6 Å². The van der Waals surface area contributed by atoms with Crippen LogP contribution in [-0.4, -0.2) is 21.9 Å². The van der Waals surface area contributed by atoms with Gasteiger partial charge < -0.3 is 10.2 Å². The average molecular weight is 316 g/mol. The Bertz CT molecular complexity index is 544. The van der Waals surface area contributed by atoms with Crippen molar-refractivity contribution < 1.29 is 10.2 Å². The van der Waals surface area contributed by atoms with Crippen molar-refractivity contribution in [2.75, 3.05) is 0 Å². The third kappa shape index (κ3) is 2.85. The van der Waals surface area contributed by atoms with Crippen molar-refractivity contribution in [1.29, 1.82) is 0 Å². The quantitative estimate of drug-likeness (QED) is 0.776. The molecule has 23 heavy (non-hydrogen) atoms. The summed E-state index contributed by atoms with van der Waals surface area (Å²) in [5, 5.41) is 21.0. The van der Waals surface area contributed by atoms with Crippen LogP contribution in [0.5, 0.6) is 0 Å². The molecule has 0 radical (unpaired) electrons. The zero-order chi connectivity index (χ0) is 16.7. The topological polar surface area (TPSA) is 40.5 Å². The molecule has 0 amide bonds. The largest absolute Gasteiger partial charge is 0.393 e. The fraction of sp³-hybridized carbons (Fsp3) is 0.714. The highest BCUT2D eigenvalue weighted by Crippen LogP contribution is 2.60. The van der Waals surface area contributed by atoms with Crippen LogP contribution in [0, 0.1) is 11.3 Å². The van der Waals surface area contributed by atoms with Crippen molar-refractivity contribution in [2.24, 2.45) is 11.3 Å². The molecule has 3 rings (SSSR count). The number of hydrogen-bond acceptors (Lipinski definition) is 2. The van der Waals surface area contributed by atoms with Crippen molar-refractivity contribution in [2.45, 2.75) is 83.3 Å². The van der Waals surface area contributed by atoms with Crippen molar-refractivity contribution >= 4 is 0 Å². The minimum Gasteiger partial charge on any atom is -0.393 e. The molecule has 4 atom stereocenters. The second-order valence-electron chi connectivity index (χ2n) is 8.18.